The van der Waals surface area contributed by atoms with Crippen LogP contribution in [0.3, 0.4) is 0 Å². The van der Waals surface area contributed by atoms with Gasteiger partial charge in [0.15, 0.2) is 0 Å². The van der Waals surface area contributed by atoms with E-state index in [2.05, 4.69) is 55.4 Å². The van der Waals surface area contributed by atoms with Crippen LogP contribution < -0.4 is 0 Å². The first-order chi connectivity index (χ1) is 24.4. The quantitative estimate of drug-likeness (QED) is 0.0281. The summed E-state index contributed by atoms with van der Waals surface area (Å²) in [6.07, 6.45) is 19.6. The summed E-state index contributed by atoms with van der Waals surface area (Å²) in [5.74, 6) is -1.02. The Labute approximate surface area is 321 Å². The summed E-state index contributed by atoms with van der Waals surface area (Å²) in [5, 5.41) is 0. The molecule has 9 nitrogen and oxygen atoms in total. The standard InChI is InChI=1S/2C12H20O4.4C4H9.O.2Sn/c2*1-10(2)6-4-3-5-9-16-12(15)8-7-11(13)14;4*1-3-4-2;;;/h2*7-8,10H,3-6,9H2,1-2H3,(H,13,14);4*1,3-4H2,2H3;;;/q;;;;;;;2*+1/p-2. The summed E-state index contributed by atoms with van der Waals surface area (Å²) < 4.78 is 33.3. The smallest absolute Gasteiger partial charge is 0.0628 e. The fourth-order valence-corrected chi connectivity index (χ4v) is 46.6. The third-order valence-corrected chi connectivity index (χ3v) is 41.0. The molecule has 0 N–H and O–H groups in total. The van der Waals surface area contributed by atoms with Crippen molar-refractivity contribution in [2.75, 3.05) is 13.2 Å². The Morgan fingerprint density at radius 2 is 0.765 bits per heavy atom. The van der Waals surface area contributed by atoms with Gasteiger partial charge in [0.25, 0.3) is 0 Å². The van der Waals surface area contributed by atoms with Crippen LogP contribution in [-0.4, -0.2) is 75.5 Å². The van der Waals surface area contributed by atoms with Crippen molar-refractivity contribution in [1.29, 1.82) is 0 Å². The Morgan fingerprint density at radius 3 is 1.06 bits per heavy atom. The second-order valence-corrected chi connectivity index (χ2v) is 36.4. The van der Waals surface area contributed by atoms with Crippen LogP contribution in [0.15, 0.2) is 24.3 Å². The Hall–Kier alpha value is -1.08. The number of esters is 2. The molecule has 0 radical (unpaired) electrons. The zero-order valence-corrected chi connectivity index (χ0v) is 39.4. The molecule has 0 aliphatic carbocycles. The summed E-state index contributed by atoms with van der Waals surface area (Å²) in [4.78, 5) is 51.5. The summed E-state index contributed by atoms with van der Waals surface area (Å²) in [5.41, 5.74) is 0. The zero-order chi connectivity index (χ0) is 38.4. The molecule has 296 valence electrons. The van der Waals surface area contributed by atoms with Crippen molar-refractivity contribution in [1.82, 2.24) is 0 Å². The van der Waals surface area contributed by atoms with Crippen LogP contribution in [-0.2, 0) is 36.2 Å². The minimum absolute atomic E-state index is 0.317. The number of carbonyl (C=O) groups excluding carboxylic acids is 4. The van der Waals surface area contributed by atoms with Gasteiger partial charge in [-0.3, -0.25) is 0 Å². The Morgan fingerprint density at radius 1 is 0.451 bits per heavy atom. The van der Waals surface area contributed by atoms with Gasteiger partial charge in [0.05, 0.1) is 0 Å². The molecule has 0 saturated heterocycles. The van der Waals surface area contributed by atoms with Crippen molar-refractivity contribution in [2.24, 2.45) is 11.8 Å². The average Bonchev–Trinajstić information content (AvgIpc) is 3.09. The molecule has 0 rings (SSSR count). The SMILES string of the molecule is CCC[CH2][Sn]([CH2]CCC)([O]C(=O)C=CC(=O)OCCCCCC(C)C)[O][Sn]([CH2]CCC)([CH2]CCC)[O]C(=O)C=CC(=O)OCCCCCC(C)C. The first-order valence-corrected chi connectivity index (χ1v) is 33.0. The van der Waals surface area contributed by atoms with E-state index < -0.39 is 62.3 Å². The summed E-state index contributed by atoms with van der Waals surface area (Å²) in [6.45, 7) is 17.8. The van der Waals surface area contributed by atoms with E-state index in [-0.39, 0.29) is 0 Å². The van der Waals surface area contributed by atoms with Gasteiger partial charge in [-0.25, -0.2) is 0 Å². The number of hydrogen-bond acceptors (Lipinski definition) is 9. The molecule has 0 aliphatic rings. The monoisotopic (exact) mass is 938 g/mol. The van der Waals surface area contributed by atoms with E-state index in [1.165, 1.54) is 0 Å². The second-order valence-electron chi connectivity index (χ2n) is 14.7. The molecule has 0 heterocycles. The molecular formula is C40H74O9Sn2. The predicted octanol–water partition coefficient (Wildman–Crippen LogP) is 10.8. The molecule has 11 heteroatoms. The van der Waals surface area contributed by atoms with Gasteiger partial charge in [-0.2, -0.15) is 0 Å². The van der Waals surface area contributed by atoms with Crippen LogP contribution in [0, 0.1) is 11.8 Å². The molecule has 0 spiro atoms. The van der Waals surface area contributed by atoms with Crippen LogP contribution in [0.25, 0.3) is 0 Å². The van der Waals surface area contributed by atoms with Gasteiger partial charge in [0, 0.05) is 0 Å². The van der Waals surface area contributed by atoms with Crippen molar-refractivity contribution < 1.29 is 36.2 Å². The van der Waals surface area contributed by atoms with Gasteiger partial charge >= 0.3 is 296 Å². The fraction of sp³-hybridized carbons (Fsp3) is 0.800. The number of unbranched alkanes of at least 4 members (excludes halogenated alkanes) is 8. The topological polar surface area (TPSA) is 114 Å². The van der Waals surface area contributed by atoms with Crippen LogP contribution in [0.2, 0.25) is 17.7 Å². The fourth-order valence-electron chi connectivity index (χ4n) is 5.63. The van der Waals surface area contributed by atoms with Gasteiger partial charge in [0.1, 0.15) is 0 Å². The van der Waals surface area contributed by atoms with Crippen molar-refractivity contribution >= 4 is 62.3 Å². The van der Waals surface area contributed by atoms with Crippen LogP contribution in [0.5, 0.6) is 0 Å². The normalized spacial score (nSPS) is 12.3. The van der Waals surface area contributed by atoms with Crippen LogP contribution in [0.1, 0.15) is 158 Å². The molecule has 0 atom stereocenters. The maximum atomic E-state index is 13.4. The molecular weight excluding hydrogens is 862 g/mol. The maximum absolute atomic E-state index is 13.4. The first kappa shape index (κ1) is 49.9. The molecule has 0 unspecified atom stereocenters. The van der Waals surface area contributed by atoms with E-state index in [9.17, 15) is 19.2 Å². The number of carbonyl (C=O) groups is 4. The van der Waals surface area contributed by atoms with Crippen LogP contribution >= 0.6 is 0 Å². The van der Waals surface area contributed by atoms with Crippen molar-refractivity contribution in [3.8, 4) is 0 Å². The van der Waals surface area contributed by atoms with E-state index in [4.69, 9.17) is 17.0 Å². The first-order valence-electron chi connectivity index (χ1n) is 20.2. The molecule has 0 aromatic carbocycles. The van der Waals surface area contributed by atoms with E-state index >= 15 is 0 Å². The molecule has 0 aliphatic heterocycles. The van der Waals surface area contributed by atoms with Crippen molar-refractivity contribution in [3.63, 3.8) is 0 Å². The minimum atomic E-state index is -4.26. The molecule has 0 bridgehead atoms. The molecule has 0 saturated carbocycles. The molecule has 0 amide bonds. The predicted molar refractivity (Wildman–Crippen MR) is 210 cm³/mol. The van der Waals surface area contributed by atoms with Gasteiger partial charge < -0.3 is 0 Å². The van der Waals surface area contributed by atoms with E-state index in [0.29, 0.717) is 42.8 Å². The van der Waals surface area contributed by atoms with Crippen molar-refractivity contribution in [2.45, 2.75) is 176 Å². The Balaban J connectivity index is 5.96. The minimum Gasteiger partial charge on any atom is -0.0628 e. The summed E-state index contributed by atoms with van der Waals surface area (Å²) >= 11 is -8.52. The number of hydrogen-bond donors (Lipinski definition) is 0. The van der Waals surface area contributed by atoms with E-state index in [0.717, 1.165) is 127 Å². The Bertz CT molecular complexity index is 916. The zero-order valence-electron chi connectivity index (χ0n) is 33.7. The van der Waals surface area contributed by atoms with Gasteiger partial charge in [-0.15, -0.1) is 0 Å². The van der Waals surface area contributed by atoms with Gasteiger partial charge in [-0.05, 0) is 0 Å². The summed E-state index contributed by atoms with van der Waals surface area (Å²) in [6, 6.07) is 0. The van der Waals surface area contributed by atoms with Crippen LogP contribution in [0.4, 0.5) is 0 Å². The van der Waals surface area contributed by atoms with Crippen molar-refractivity contribution in [3.05, 3.63) is 24.3 Å². The average molecular weight is 936 g/mol. The molecule has 0 fully saturated rings. The Kier molecular flexibility index (Phi) is 30.6. The van der Waals surface area contributed by atoms with E-state index in [1.807, 2.05) is 0 Å². The molecule has 0 aromatic heterocycles. The molecule has 51 heavy (non-hydrogen) atoms. The number of ether oxygens (including phenoxy) is 2. The van der Waals surface area contributed by atoms with E-state index in [1.54, 1.807) is 0 Å². The third kappa shape index (κ3) is 27.2. The number of rotatable bonds is 32. The third-order valence-electron chi connectivity index (χ3n) is 8.64. The second kappa shape index (κ2) is 31.3. The van der Waals surface area contributed by atoms with Gasteiger partial charge in [-0.1, -0.05) is 27.7 Å². The van der Waals surface area contributed by atoms with Gasteiger partial charge in [0.2, 0.25) is 0 Å². The molecule has 0 aromatic rings. The summed E-state index contributed by atoms with van der Waals surface area (Å²) in [7, 11) is 0.